The van der Waals surface area contributed by atoms with Crippen molar-refractivity contribution < 1.29 is 4.42 Å². The van der Waals surface area contributed by atoms with Gasteiger partial charge in [-0.05, 0) is 111 Å². The van der Waals surface area contributed by atoms with Crippen LogP contribution in [0.1, 0.15) is 0 Å². The Bertz CT molecular complexity index is 3070. The van der Waals surface area contributed by atoms with Crippen LogP contribution in [0.5, 0.6) is 0 Å². The zero-order valence-corrected chi connectivity index (χ0v) is 26.6. The first-order valence-electron chi connectivity index (χ1n) is 16.9. The molecular weight excluding hydrogens is 593 g/mol. The van der Waals surface area contributed by atoms with E-state index in [2.05, 4.69) is 170 Å². The highest BCUT2D eigenvalue weighted by atomic mass is 16.3. The summed E-state index contributed by atoms with van der Waals surface area (Å²) >= 11 is 0. The van der Waals surface area contributed by atoms with Crippen molar-refractivity contribution in [2.45, 2.75) is 0 Å². The van der Waals surface area contributed by atoms with E-state index in [1.807, 2.05) is 0 Å². The van der Waals surface area contributed by atoms with E-state index in [-0.39, 0.29) is 0 Å². The molecule has 0 spiro atoms. The van der Waals surface area contributed by atoms with Gasteiger partial charge in [0.2, 0.25) is 0 Å². The molecule has 0 saturated heterocycles. The molecule has 0 unspecified atom stereocenters. The zero-order valence-electron chi connectivity index (χ0n) is 26.6. The molecule has 11 aromatic rings. The van der Waals surface area contributed by atoms with Crippen LogP contribution in [0.2, 0.25) is 0 Å². The maximum atomic E-state index is 6.55. The topological polar surface area (TPSA) is 13.1 Å². The fourth-order valence-corrected chi connectivity index (χ4v) is 8.51. The Morgan fingerprint density at radius 2 is 0.776 bits per heavy atom. The second-order valence-corrected chi connectivity index (χ2v) is 13.2. The molecule has 0 aliphatic rings. The van der Waals surface area contributed by atoms with Gasteiger partial charge >= 0.3 is 0 Å². The predicted molar refractivity (Wildman–Crippen MR) is 210 cm³/mol. The van der Waals surface area contributed by atoms with Crippen LogP contribution < -0.4 is 0 Å². The van der Waals surface area contributed by atoms with Crippen molar-refractivity contribution in [2.75, 3.05) is 0 Å². The second kappa shape index (κ2) is 10.0. The Kier molecular flexibility index (Phi) is 5.45. The van der Waals surface area contributed by atoms with Crippen molar-refractivity contribution in [1.29, 1.82) is 0 Å². The van der Waals surface area contributed by atoms with E-state index in [0.29, 0.717) is 0 Å². The lowest BCUT2D eigenvalue weighted by Crippen LogP contribution is -1.92. The summed E-state index contributed by atoms with van der Waals surface area (Å²) in [4.78, 5) is 0. The monoisotopic (exact) mass is 620 g/mol. The Balaban J connectivity index is 1.26. The van der Waals surface area contributed by atoms with Crippen LogP contribution in [0.3, 0.4) is 0 Å². The summed E-state index contributed by atoms with van der Waals surface area (Å²) in [5.41, 5.74) is 6.76. The molecule has 11 rings (SSSR count). The molecule has 1 aromatic heterocycles. The quantitative estimate of drug-likeness (QED) is 0.138. The number of benzene rings is 10. The summed E-state index contributed by atoms with van der Waals surface area (Å²) in [7, 11) is 0. The molecule has 0 atom stereocenters. The molecular formula is C48H28O. The Labute approximate surface area is 282 Å². The van der Waals surface area contributed by atoms with Crippen LogP contribution >= 0.6 is 0 Å². The first-order valence-corrected chi connectivity index (χ1v) is 16.9. The first kappa shape index (κ1) is 26.6. The van der Waals surface area contributed by atoms with Gasteiger partial charge in [-0.15, -0.1) is 0 Å². The lowest BCUT2D eigenvalue weighted by atomic mass is 9.84. The number of furan rings is 1. The van der Waals surface area contributed by atoms with E-state index in [1.165, 1.54) is 86.9 Å². The summed E-state index contributed by atoms with van der Waals surface area (Å²) < 4.78 is 6.55. The number of hydrogen-bond acceptors (Lipinski definition) is 1. The molecule has 1 heterocycles. The largest absolute Gasteiger partial charge is 0.456 e. The molecule has 0 N–H and O–H groups in total. The van der Waals surface area contributed by atoms with E-state index >= 15 is 0 Å². The van der Waals surface area contributed by atoms with E-state index in [9.17, 15) is 0 Å². The minimum Gasteiger partial charge on any atom is -0.456 e. The minimum absolute atomic E-state index is 0.911. The average molecular weight is 621 g/mol. The Hall–Kier alpha value is -6.44. The summed E-state index contributed by atoms with van der Waals surface area (Å²) in [6.45, 7) is 0. The maximum Gasteiger partial charge on any atom is 0.136 e. The van der Waals surface area contributed by atoms with Crippen molar-refractivity contribution in [3.8, 4) is 22.3 Å². The van der Waals surface area contributed by atoms with Crippen molar-refractivity contribution in [3.05, 3.63) is 170 Å². The van der Waals surface area contributed by atoms with Crippen LogP contribution in [0.25, 0.3) is 109 Å². The van der Waals surface area contributed by atoms with Crippen LogP contribution in [0.4, 0.5) is 0 Å². The summed E-state index contributed by atoms with van der Waals surface area (Å²) in [5, 5.41) is 17.4. The smallest absolute Gasteiger partial charge is 0.136 e. The molecule has 0 amide bonds. The van der Waals surface area contributed by atoms with Gasteiger partial charge < -0.3 is 4.42 Å². The highest BCUT2D eigenvalue weighted by Gasteiger charge is 2.21. The molecule has 0 saturated carbocycles. The van der Waals surface area contributed by atoms with Gasteiger partial charge in [0, 0.05) is 10.8 Å². The summed E-state index contributed by atoms with van der Waals surface area (Å²) in [5.74, 6) is 0. The van der Waals surface area contributed by atoms with Gasteiger partial charge in [-0.1, -0.05) is 146 Å². The lowest BCUT2D eigenvalue weighted by molar-refractivity contribution is 0.669. The van der Waals surface area contributed by atoms with Crippen LogP contribution in [0, 0.1) is 0 Å². The Morgan fingerprint density at radius 3 is 1.39 bits per heavy atom. The molecule has 1 heteroatoms. The molecule has 49 heavy (non-hydrogen) atoms. The fourth-order valence-electron chi connectivity index (χ4n) is 8.51. The van der Waals surface area contributed by atoms with Gasteiger partial charge in [-0.3, -0.25) is 0 Å². The second-order valence-electron chi connectivity index (χ2n) is 13.2. The third-order valence-electron chi connectivity index (χ3n) is 10.6. The van der Waals surface area contributed by atoms with Gasteiger partial charge in [0.25, 0.3) is 0 Å². The summed E-state index contributed by atoms with van der Waals surface area (Å²) in [6.07, 6.45) is 0. The third-order valence-corrected chi connectivity index (χ3v) is 10.6. The number of rotatable bonds is 2. The number of hydrogen-bond donors (Lipinski definition) is 0. The molecule has 0 fully saturated rings. The van der Waals surface area contributed by atoms with Crippen molar-refractivity contribution in [3.63, 3.8) is 0 Å². The predicted octanol–water partition coefficient (Wildman–Crippen LogP) is 13.8. The van der Waals surface area contributed by atoms with E-state index < -0.39 is 0 Å². The SMILES string of the molecule is c1ccc2cc3c(cc2c1)oc1cccc(-c2c4ccccc4c(-c4ccc5c6ccccc6c6ccccc6c5c4)c4ccccc24)c13. The van der Waals surface area contributed by atoms with E-state index in [4.69, 9.17) is 4.42 Å². The van der Waals surface area contributed by atoms with Crippen molar-refractivity contribution in [1.82, 2.24) is 0 Å². The maximum absolute atomic E-state index is 6.55. The average Bonchev–Trinajstić information content (AvgIpc) is 3.53. The highest BCUT2D eigenvalue weighted by molar-refractivity contribution is 6.29. The zero-order chi connectivity index (χ0) is 32.1. The molecule has 0 aliphatic heterocycles. The highest BCUT2D eigenvalue weighted by Crippen LogP contribution is 2.48. The minimum atomic E-state index is 0.911. The van der Waals surface area contributed by atoms with Gasteiger partial charge in [0.15, 0.2) is 0 Å². The standard InChI is InChI=1S/C48H28O/c1-2-13-30-28-45-43(26-29(30)12-1)48-41(22-11-23-44(48)49-45)47-39-20-9-7-18-37(39)46(38-19-8-10-21-40(38)47)31-24-25-36-34-16-4-3-14-32(34)33-15-5-6-17-35(33)42(36)27-31/h1-28H. The molecule has 0 aliphatic carbocycles. The molecule has 10 aromatic carbocycles. The van der Waals surface area contributed by atoms with Gasteiger partial charge in [-0.25, -0.2) is 0 Å². The van der Waals surface area contributed by atoms with E-state index in [1.54, 1.807) is 0 Å². The molecule has 0 bridgehead atoms. The lowest BCUT2D eigenvalue weighted by Gasteiger charge is -2.19. The normalized spacial score (nSPS) is 12.1. The third kappa shape index (κ3) is 3.76. The fraction of sp³-hybridized carbons (Fsp3) is 0. The molecule has 1 nitrogen and oxygen atoms in total. The van der Waals surface area contributed by atoms with Crippen molar-refractivity contribution >= 4 is 86.6 Å². The van der Waals surface area contributed by atoms with Crippen molar-refractivity contribution in [2.24, 2.45) is 0 Å². The molecule has 0 radical (unpaired) electrons. The van der Waals surface area contributed by atoms with E-state index in [0.717, 1.165) is 21.9 Å². The molecule has 226 valence electrons. The van der Waals surface area contributed by atoms with Crippen LogP contribution in [-0.4, -0.2) is 0 Å². The van der Waals surface area contributed by atoms with Gasteiger partial charge in [0.1, 0.15) is 11.2 Å². The van der Waals surface area contributed by atoms with Gasteiger partial charge in [-0.2, -0.15) is 0 Å². The Morgan fingerprint density at radius 1 is 0.286 bits per heavy atom. The summed E-state index contributed by atoms with van der Waals surface area (Å²) in [6, 6.07) is 62.1. The van der Waals surface area contributed by atoms with Crippen LogP contribution in [-0.2, 0) is 0 Å². The van der Waals surface area contributed by atoms with Crippen LogP contribution in [0.15, 0.2) is 174 Å². The first-order chi connectivity index (χ1) is 24.3. The number of fused-ring (bicyclic) bond motifs is 12. The van der Waals surface area contributed by atoms with Gasteiger partial charge in [0.05, 0.1) is 0 Å².